The molecule has 0 bridgehead atoms. The molecule has 2 heterocycles. The minimum Gasteiger partial charge on any atom is -0.357 e. The summed E-state index contributed by atoms with van der Waals surface area (Å²) in [4.78, 5) is 11.7. The molecule has 1 N–H and O–H groups in total. The van der Waals surface area contributed by atoms with Crippen molar-refractivity contribution in [3.8, 4) is 0 Å². The maximum absolute atomic E-state index is 4.74. The van der Waals surface area contributed by atoms with Gasteiger partial charge in [-0.15, -0.1) is 0 Å². The van der Waals surface area contributed by atoms with E-state index in [4.69, 9.17) is 4.98 Å². The Kier molecular flexibility index (Phi) is 4.23. The van der Waals surface area contributed by atoms with Gasteiger partial charge in [-0.2, -0.15) is 4.98 Å². The fourth-order valence-electron chi connectivity index (χ4n) is 3.20. The fraction of sp³-hybridized carbons (Fsp3) is 0.529. The molecule has 1 atom stereocenters. The lowest BCUT2D eigenvalue weighted by molar-refractivity contribution is 0.459. The van der Waals surface area contributed by atoms with Crippen LogP contribution < -0.4 is 10.2 Å². The Morgan fingerprint density at radius 1 is 1.19 bits per heavy atom. The summed E-state index contributed by atoms with van der Waals surface area (Å²) in [5, 5.41) is 4.24. The Morgan fingerprint density at radius 2 is 2.05 bits per heavy atom. The third kappa shape index (κ3) is 2.94. The number of anilines is 2. The van der Waals surface area contributed by atoms with Crippen LogP contribution in [0.25, 0.3) is 10.9 Å². The summed E-state index contributed by atoms with van der Waals surface area (Å²) in [6, 6.07) is 8.30. The number of benzene rings is 1. The summed E-state index contributed by atoms with van der Waals surface area (Å²) in [7, 11) is 1.88. The summed E-state index contributed by atoms with van der Waals surface area (Å²) >= 11 is 0. The van der Waals surface area contributed by atoms with Crippen LogP contribution in [0.5, 0.6) is 0 Å². The molecule has 0 radical (unpaired) electrons. The standard InChI is InChI=1S/C17H24N4/c1-3-13-7-6-11-21(12-10-13)16-14-8-4-5-9-15(14)19-17(18-2)20-16/h4-5,8-9,13H,3,6-7,10-12H2,1-2H3,(H,18,19,20). The lowest BCUT2D eigenvalue weighted by atomic mass is 9.98. The highest BCUT2D eigenvalue weighted by Gasteiger charge is 2.19. The average molecular weight is 284 g/mol. The molecule has 0 saturated carbocycles. The van der Waals surface area contributed by atoms with Crippen LogP contribution in [0.3, 0.4) is 0 Å². The Balaban J connectivity index is 1.98. The van der Waals surface area contributed by atoms with Gasteiger partial charge in [0.05, 0.1) is 5.52 Å². The highest BCUT2D eigenvalue weighted by molar-refractivity contribution is 5.90. The second-order valence-electron chi connectivity index (χ2n) is 5.83. The highest BCUT2D eigenvalue weighted by atomic mass is 15.2. The number of nitrogens with one attached hydrogen (secondary N) is 1. The molecule has 1 fully saturated rings. The van der Waals surface area contributed by atoms with Crippen LogP contribution >= 0.6 is 0 Å². The van der Waals surface area contributed by atoms with Crippen LogP contribution in [0.1, 0.15) is 32.6 Å². The SMILES string of the molecule is CCC1CCCN(c2nc(NC)nc3ccccc23)CC1. The molecule has 1 aliphatic rings. The van der Waals surface area contributed by atoms with E-state index in [1.165, 1.54) is 25.7 Å². The van der Waals surface area contributed by atoms with E-state index in [0.29, 0.717) is 5.95 Å². The zero-order valence-corrected chi connectivity index (χ0v) is 13.0. The highest BCUT2D eigenvalue weighted by Crippen LogP contribution is 2.29. The van der Waals surface area contributed by atoms with Crippen LogP contribution in [0.15, 0.2) is 24.3 Å². The second-order valence-corrected chi connectivity index (χ2v) is 5.83. The molecule has 4 nitrogen and oxygen atoms in total. The van der Waals surface area contributed by atoms with E-state index in [1.807, 2.05) is 13.1 Å². The molecule has 1 unspecified atom stereocenters. The number of aromatic nitrogens is 2. The van der Waals surface area contributed by atoms with Gasteiger partial charge in [0.2, 0.25) is 5.95 Å². The predicted octanol–water partition coefficient (Wildman–Crippen LogP) is 3.69. The molecule has 3 rings (SSSR count). The summed E-state index contributed by atoms with van der Waals surface area (Å²) in [5.41, 5.74) is 1.02. The monoisotopic (exact) mass is 284 g/mol. The molecular weight excluding hydrogens is 260 g/mol. The third-order valence-corrected chi connectivity index (χ3v) is 4.53. The number of fused-ring (bicyclic) bond motifs is 1. The molecule has 0 aliphatic carbocycles. The lowest BCUT2D eigenvalue weighted by Gasteiger charge is -2.23. The summed E-state index contributed by atoms with van der Waals surface area (Å²) in [6.07, 6.45) is 5.16. The summed E-state index contributed by atoms with van der Waals surface area (Å²) in [6.45, 7) is 4.50. The summed E-state index contributed by atoms with van der Waals surface area (Å²) < 4.78 is 0. The number of hydrogen-bond acceptors (Lipinski definition) is 4. The maximum atomic E-state index is 4.74. The molecule has 21 heavy (non-hydrogen) atoms. The Hall–Kier alpha value is -1.84. The van der Waals surface area contributed by atoms with Gasteiger partial charge < -0.3 is 10.2 Å². The molecule has 112 valence electrons. The van der Waals surface area contributed by atoms with Crippen LogP contribution in [0, 0.1) is 5.92 Å². The Morgan fingerprint density at radius 3 is 2.86 bits per heavy atom. The normalized spacial score (nSPS) is 19.5. The molecule has 0 spiro atoms. The van der Waals surface area contributed by atoms with Gasteiger partial charge in [0.15, 0.2) is 0 Å². The number of nitrogens with zero attached hydrogens (tertiary/aromatic N) is 3. The first-order valence-electron chi connectivity index (χ1n) is 8.01. The summed E-state index contributed by atoms with van der Waals surface area (Å²) in [5.74, 6) is 2.66. The molecule has 2 aromatic rings. The topological polar surface area (TPSA) is 41.1 Å². The first-order chi connectivity index (χ1) is 10.3. The molecule has 1 aromatic heterocycles. The number of hydrogen-bond donors (Lipinski definition) is 1. The average Bonchev–Trinajstić information content (AvgIpc) is 2.79. The van der Waals surface area contributed by atoms with Gasteiger partial charge in [-0.25, -0.2) is 4.98 Å². The van der Waals surface area contributed by atoms with E-state index in [2.05, 4.69) is 40.3 Å². The molecule has 1 saturated heterocycles. The zero-order valence-electron chi connectivity index (χ0n) is 13.0. The number of para-hydroxylation sites is 1. The number of rotatable bonds is 3. The van der Waals surface area contributed by atoms with Crippen molar-refractivity contribution in [2.24, 2.45) is 5.92 Å². The van der Waals surface area contributed by atoms with E-state index >= 15 is 0 Å². The van der Waals surface area contributed by atoms with E-state index in [-0.39, 0.29) is 0 Å². The van der Waals surface area contributed by atoms with Crippen molar-refractivity contribution >= 4 is 22.7 Å². The van der Waals surface area contributed by atoms with Crippen LogP contribution in [0.2, 0.25) is 0 Å². The molecule has 4 heteroatoms. The smallest absolute Gasteiger partial charge is 0.224 e. The fourth-order valence-corrected chi connectivity index (χ4v) is 3.20. The minimum absolute atomic E-state index is 0.708. The zero-order chi connectivity index (χ0) is 14.7. The van der Waals surface area contributed by atoms with Crippen molar-refractivity contribution in [3.05, 3.63) is 24.3 Å². The third-order valence-electron chi connectivity index (χ3n) is 4.53. The largest absolute Gasteiger partial charge is 0.357 e. The molecule has 1 aliphatic heterocycles. The van der Waals surface area contributed by atoms with Crippen LogP contribution in [-0.2, 0) is 0 Å². The van der Waals surface area contributed by atoms with Gasteiger partial charge in [0.25, 0.3) is 0 Å². The minimum atomic E-state index is 0.708. The predicted molar refractivity (Wildman–Crippen MR) is 88.9 cm³/mol. The van der Waals surface area contributed by atoms with Crippen molar-refractivity contribution in [3.63, 3.8) is 0 Å². The van der Waals surface area contributed by atoms with E-state index < -0.39 is 0 Å². The van der Waals surface area contributed by atoms with Crippen molar-refractivity contribution < 1.29 is 0 Å². The Bertz CT molecular complexity index is 611. The van der Waals surface area contributed by atoms with Crippen LogP contribution in [-0.4, -0.2) is 30.1 Å². The first kappa shape index (κ1) is 14.1. The van der Waals surface area contributed by atoms with Gasteiger partial charge in [0, 0.05) is 25.5 Å². The van der Waals surface area contributed by atoms with E-state index in [1.54, 1.807) is 0 Å². The van der Waals surface area contributed by atoms with Gasteiger partial charge in [-0.1, -0.05) is 25.5 Å². The van der Waals surface area contributed by atoms with Gasteiger partial charge in [-0.3, -0.25) is 0 Å². The van der Waals surface area contributed by atoms with Gasteiger partial charge >= 0.3 is 0 Å². The van der Waals surface area contributed by atoms with Crippen molar-refractivity contribution in [2.75, 3.05) is 30.4 Å². The lowest BCUT2D eigenvalue weighted by Crippen LogP contribution is -2.26. The first-order valence-corrected chi connectivity index (χ1v) is 8.01. The van der Waals surface area contributed by atoms with Crippen molar-refractivity contribution in [1.29, 1.82) is 0 Å². The van der Waals surface area contributed by atoms with Crippen molar-refractivity contribution in [2.45, 2.75) is 32.6 Å². The molecule has 0 amide bonds. The molecular formula is C17H24N4. The van der Waals surface area contributed by atoms with Crippen molar-refractivity contribution in [1.82, 2.24) is 9.97 Å². The quantitative estimate of drug-likeness (QED) is 0.933. The maximum Gasteiger partial charge on any atom is 0.224 e. The van der Waals surface area contributed by atoms with E-state index in [9.17, 15) is 0 Å². The Labute approximate surface area is 126 Å². The van der Waals surface area contributed by atoms with Gasteiger partial charge in [0.1, 0.15) is 5.82 Å². The van der Waals surface area contributed by atoms with Gasteiger partial charge in [-0.05, 0) is 37.3 Å². The second kappa shape index (κ2) is 6.29. The van der Waals surface area contributed by atoms with E-state index in [0.717, 1.165) is 35.7 Å². The molecule has 1 aromatic carbocycles. The van der Waals surface area contributed by atoms with Crippen LogP contribution in [0.4, 0.5) is 11.8 Å².